The number of carbonyl (C=O) groups is 1. The third-order valence-corrected chi connectivity index (χ3v) is 4.05. The van der Waals surface area contributed by atoms with Gasteiger partial charge >= 0.3 is 5.97 Å². The Bertz CT molecular complexity index is 216. The summed E-state index contributed by atoms with van der Waals surface area (Å²) in [7, 11) is 0. The first-order valence-electron chi connectivity index (χ1n) is 10.1. The number of rotatable bonds is 16. The van der Waals surface area contributed by atoms with Gasteiger partial charge in [-0.15, -0.1) is 0 Å². The van der Waals surface area contributed by atoms with Crippen LogP contribution in [0.4, 0.5) is 0 Å². The molecule has 3 N–H and O–H groups in total. The van der Waals surface area contributed by atoms with Crippen molar-refractivity contribution in [2.45, 2.75) is 117 Å². The molecule has 0 heterocycles. The summed E-state index contributed by atoms with van der Waals surface area (Å²) in [5.74, 6) is -0.670. The molecule has 1 radical (unpaired) electrons. The second-order valence-corrected chi connectivity index (χ2v) is 6.53. The van der Waals surface area contributed by atoms with Crippen LogP contribution in [0.5, 0.6) is 0 Å². The molecule has 24 heavy (non-hydrogen) atoms. The molecule has 0 aliphatic rings. The third kappa shape index (κ3) is 33.7. The number of aliphatic carboxylic acids is 1. The Hall–Kier alpha value is 0.170. The van der Waals surface area contributed by atoms with Crippen LogP contribution >= 0.6 is 0 Å². The molecule has 0 unspecified atom stereocenters. The summed E-state index contributed by atoms with van der Waals surface area (Å²) >= 11 is 0. The minimum Gasteiger partial charge on any atom is -0.481 e. The molecule has 3 nitrogen and oxygen atoms in total. The maximum atomic E-state index is 10.0. The monoisotopic (exact) mass is 436 g/mol. The largest absolute Gasteiger partial charge is 0.481 e. The van der Waals surface area contributed by atoms with Crippen LogP contribution in [0.15, 0.2) is 0 Å². The van der Waals surface area contributed by atoms with Gasteiger partial charge in [0.1, 0.15) is 0 Å². The molecule has 4 heteroatoms. The van der Waals surface area contributed by atoms with Gasteiger partial charge in [0.2, 0.25) is 0 Å². The molecule has 151 valence electrons. The molecule has 0 rings (SSSR count). The molecule has 0 aromatic rings. The Morgan fingerprint density at radius 1 is 0.667 bits per heavy atom. The topological polar surface area (TPSA) is 63.3 Å². The van der Waals surface area contributed by atoms with Crippen molar-refractivity contribution in [3.8, 4) is 0 Å². The van der Waals surface area contributed by atoms with Gasteiger partial charge in [0.05, 0.1) is 0 Å². The van der Waals surface area contributed by atoms with Gasteiger partial charge in [0, 0.05) is 28.8 Å². The van der Waals surface area contributed by atoms with Gasteiger partial charge in [-0.2, -0.15) is 0 Å². The number of unbranched alkanes of at least 4 members (excludes halogenated alkanes) is 13. The van der Waals surface area contributed by atoms with E-state index in [-0.39, 0.29) is 22.4 Å². The number of hydrogen-bond donors (Lipinski definition) is 2. The molecule has 0 bridgehead atoms. The van der Waals surface area contributed by atoms with Crippen molar-refractivity contribution in [3.05, 3.63) is 0 Å². The van der Waals surface area contributed by atoms with Crippen molar-refractivity contribution in [1.29, 1.82) is 0 Å². The van der Waals surface area contributed by atoms with Crippen molar-refractivity contribution >= 4 is 5.97 Å². The zero-order valence-corrected chi connectivity index (χ0v) is 17.7. The van der Waals surface area contributed by atoms with E-state index in [9.17, 15) is 4.79 Å². The Labute approximate surface area is 167 Å². The molecular formula is C20H43AgNO2. The van der Waals surface area contributed by atoms with Gasteiger partial charge in [-0.3, -0.25) is 4.79 Å². The molecular weight excluding hydrogens is 394 g/mol. The number of nitrogens with two attached hydrogens (primary N) is 1. The van der Waals surface area contributed by atoms with Crippen molar-refractivity contribution in [3.63, 3.8) is 0 Å². The zero-order chi connectivity index (χ0) is 17.6. The van der Waals surface area contributed by atoms with Gasteiger partial charge in [-0.25, -0.2) is 0 Å². The number of hydrogen-bond acceptors (Lipinski definition) is 2. The third-order valence-electron chi connectivity index (χ3n) is 4.05. The summed E-state index contributed by atoms with van der Waals surface area (Å²) in [5.41, 5.74) is 5.42. The van der Waals surface area contributed by atoms with Gasteiger partial charge in [0.25, 0.3) is 0 Å². The average molecular weight is 437 g/mol. The second-order valence-electron chi connectivity index (χ2n) is 6.53. The van der Waals surface area contributed by atoms with Crippen molar-refractivity contribution in [1.82, 2.24) is 0 Å². The minimum absolute atomic E-state index is 0. The number of carboxylic acid groups (broad SMARTS) is 1. The molecule has 0 saturated heterocycles. The van der Waals surface area contributed by atoms with Crippen molar-refractivity contribution < 1.29 is 32.3 Å². The normalized spacial score (nSPS) is 9.79. The Kier molecular flexibility index (Phi) is 33.8. The molecule has 0 aliphatic carbocycles. The van der Waals surface area contributed by atoms with E-state index in [1.807, 2.05) is 0 Å². The van der Waals surface area contributed by atoms with Crippen LogP contribution in [-0.4, -0.2) is 17.6 Å². The van der Waals surface area contributed by atoms with Crippen LogP contribution in [-0.2, 0) is 27.2 Å². The van der Waals surface area contributed by atoms with Crippen LogP contribution in [0.1, 0.15) is 117 Å². The van der Waals surface area contributed by atoms with E-state index < -0.39 is 5.97 Å². The van der Waals surface area contributed by atoms with E-state index in [2.05, 4.69) is 13.8 Å². The Morgan fingerprint density at radius 3 is 1.33 bits per heavy atom. The van der Waals surface area contributed by atoms with Crippen molar-refractivity contribution in [2.24, 2.45) is 5.73 Å². The fourth-order valence-electron chi connectivity index (χ4n) is 2.51. The predicted octanol–water partition coefficient (Wildman–Crippen LogP) is 6.30. The van der Waals surface area contributed by atoms with E-state index in [1.54, 1.807) is 0 Å². The maximum absolute atomic E-state index is 10.0. The molecule has 0 atom stereocenters. The average Bonchev–Trinajstić information content (AvgIpc) is 2.53. The van der Waals surface area contributed by atoms with Crippen LogP contribution in [0, 0.1) is 0 Å². The predicted molar refractivity (Wildman–Crippen MR) is 102 cm³/mol. The van der Waals surface area contributed by atoms with Crippen molar-refractivity contribution in [2.75, 3.05) is 6.54 Å². The first kappa shape index (κ1) is 29.0. The van der Waals surface area contributed by atoms with E-state index in [0.717, 1.165) is 19.4 Å². The van der Waals surface area contributed by atoms with E-state index in [0.29, 0.717) is 6.42 Å². The fourth-order valence-corrected chi connectivity index (χ4v) is 2.51. The quantitative estimate of drug-likeness (QED) is 0.220. The van der Waals surface area contributed by atoms with Crippen LogP contribution in [0.25, 0.3) is 0 Å². The number of carboxylic acids is 1. The van der Waals surface area contributed by atoms with Gasteiger partial charge in [-0.05, 0) is 19.4 Å². The van der Waals surface area contributed by atoms with Crippen LogP contribution in [0.3, 0.4) is 0 Å². The zero-order valence-electron chi connectivity index (χ0n) is 16.3. The second kappa shape index (κ2) is 28.0. The van der Waals surface area contributed by atoms with Gasteiger partial charge < -0.3 is 10.8 Å². The van der Waals surface area contributed by atoms with Gasteiger partial charge in [0.15, 0.2) is 0 Å². The molecule has 0 spiro atoms. The summed E-state index contributed by atoms with van der Waals surface area (Å²) in [5, 5.41) is 8.27. The smallest absolute Gasteiger partial charge is 0.303 e. The van der Waals surface area contributed by atoms with Gasteiger partial charge in [-0.1, -0.05) is 97.3 Å². The fraction of sp³-hybridized carbons (Fsp3) is 0.950. The summed E-state index contributed by atoms with van der Waals surface area (Å²) in [6.07, 6.45) is 19.8. The molecule has 0 fully saturated rings. The van der Waals surface area contributed by atoms with Crippen LogP contribution in [0.2, 0.25) is 0 Å². The first-order valence-corrected chi connectivity index (χ1v) is 10.1. The Morgan fingerprint density at radius 2 is 1.00 bits per heavy atom. The molecule has 0 amide bonds. The van der Waals surface area contributed by atoms with E-state index >= 15 is 0 Å². The maximum Gasteiger partial charge on any atom is 0.303 e. The first-order chi connectivity index (χ1) is 11.2. The SMILES string of the molecule is CCCCCCCC(=O)O.CCCCCCCCCCCCN.[Ag]. The molecule has 0 aromatic heterocycles. The summed E-state index contributed by atoms with van der Waals surface area (Å²) in [6, 6.07) is 0. The summed E-state index contributed by atoms with van der Waals surface area (Å²) in [6.45, 7) is 5.29. The summed E-state index contributed by atoms with van der Waals surface area (Å²) in [4.78, 5) is 10.0. The molecule has 0 saturated carbocycles. The van der Waals surface area contributed by atoms with E-state index in [1.165, 1.54) is 83.5 Å². The van der Waals surface area contributed by atoms with Crippen LogP contribution < -0.4 is 5.73 Å². The minimum atomic E-state index is -0.670. The molecule has 0 aliphatic heterocycles. The Balaban J connectivity index is -0.000000364. The van der Waals surface area contributed by atoms with E-state index in [4.69, 9.17) is 10.8 Å². The summed E-state index contributed by atoms with van der Waals surface area (Å²) < 4.78 is 0. The molecule has 0 aromatic carbocycles. The standard InChI is InChI=1S/C12H27N.C8H16O2.Ag/c1-2-3-4-5-6-7-8-9-10-11-12-13;1-2-3-4-5-6-7-8(9)10;/h2-13H2,1H3;2-7H2,1H3,(H,9,10);.